The van der Waals surface area contributed by atoms with Crippen molar-refractivity contribution >= 4 is 0 Å². The van der Waals surface area contributed by atoms with Crippen LogP contribution in [0.1, 0.15) is 49.7 Å². The number of nitrogens with two attached hydrogens (primary N) is 1. The molecule has 0 unspecified atom stereocenters. The molecule has 1 aliphatic rings. The smallest absolute Gasteiger partial charge is 0.0195 e. The van der Waals surface area contributed by atoms with E-state index >= 15 is 0 Å². The van der Waals surface area contributed by atoms with Gasteiger partial charge in [-0.2, -0.15) is 0 Å². The Balaban J connectivity index is 2.04. The summed E-state index contributed by atoms with van der Waals surface area (Å²) in [5, 5.41) is 0. The highest BCUT2D eigenvalue weighted by Gasteiger charge is 2.26. The average Bonchev–Trinajstić information content (AvgIpc) is 2.47. The summed E-state index contributed by atoms with van der Waals surface area (Å²) in [7, 11) is 0. The Morgan fingerprint density at radius 3 is 2.12 bits per heavy atom. The highest BCUT2D eigenvalue weighted by atomic mass is 14.7. The van der Waals surface area contributed by atoms with Gasteiger partial charge in [0.1, 0.15) is 0 Å². The summed E-state index contributed by atoms with van der Waals surface area (Å²) < 4.78 is 0. The van der Waals surface area contributed by atoms with Gasteiger partial charge < -0.3 is 5.73 Å². The minimum atomic E-state index is 0.0613. The molecule has 0 aliphatic heterocycles. The number of benzene rings is 1. The molecule has 16 heavy (non-hydrogen) atoms. The summed E-state index contributed by atoms with van der Waals surface area (Å²) in [4.78, 5) is 0. The highest BCUT2D eigenvalue weighted by Crippen LogP contribution is 2.28. The highest BCUT2D eigenvalue weighted by molar-refractivity contribution is 5.23. The third-order valence-corrected chi connectivity index (χ3v) is 3.78. The quantitative estimate of drug-likeness (QED) is 0.753. The van der Waals surface area contributed by atoms with E-state index in [-0.39, 0.29) is 5.54 Å². The first-order valence-electron chi connectivity index (χ1n) is 6.52. The molecule has 88 valence electrons. The van der Waals surface area contributed by atoms with Crippen molar-refractivity contribution in [2.75, 3.05) is 0 Å². The standard InChI is InChI=1S/C15H23N/c1-13-6-8-14(9-7-13)12-15(16)10-4-2-3-5-11-15/h6-9H,2-5,10-12,16H2,1H3. The summed E-state index contributed by atoms with van der Waals surface area (Å²) >= 11 is 0. The van der Waals surface area contributed by atoms with Crippen molar-refractivity contribution in [2.24, 2.45) is 5.73 Å². The van der Waals surface area contributed by atoms with Crippen LogP contribution in [0, 0.1) is 6.92 Å². The van der Waals surface area contributed by atoms with Crippen LogP contribution < -0.4 is 5.73 Å². The summed E-state index contributed by atoms with van der Waals surface area (Å²) in [6, 6.07) is 8.84. The number of rotatable bonds is 2. The molecule has 0 heterocycles. The second-order valence-corrected chi connectivity index (χ2v) is 5.44. The monoisotopic (exact) mass is 217 g/mol. The zero-order chi connectivity index (χ0) is 11.4. The molecule has 0 amide bonds. The van der Waals surface area contributed by atoms with Gasteiger partial charge in [-0.15, -0.1) is 0 Å². The van der Waals surface area contributed by atoms with Gasteiger partial charge in [0, 0.05) is 5.54 Å². The summed E-state index contributed by atoms with van der Waals surface area (Å²) in [6.07, 6.45) is 8.79. The topological polar surface area (TPSA) is 26.0 Å². The van der Waals surface area contributed by atoms with E-state index < -0.39 is 0 Å². The lowest BCUT2D eigenvalue weighted by Crippen LogP contribution is -2.41. The third kappa shape index (κ3) is 3.08. The molecule has 0 radical (unpaired) electrons. The molecule has 1 nitrogen and oxygen atoms in total. The Hall–Kier alpha value is -0.820. The molecule has 2 rings (SSSR count). The maximum absolute atomic E-state index is 6.53. The van der Waals surface area contributed by atoms with Gasteiger partial charge in [0.2, 0.25) is 0 Å². The Morgan fingerprint density at radius 1 is 1.00 bits per heavy atom. The van der Waals surface area contributed by atoms with E-state index in [4.69, 9.17) is 5.73 Å². The van der Waals surface area contributed by atoms with E-state index in [1.54, 1.807) is 0 Å². The zero-order valence-electron chi connectivity index (χ0n) is 10.3. The van der Waals surface area contributed by atoms with Crippen LogP contribution in [0.15, 0.2) is 24.3 Å². The molecule has 0 spiro atoms. The molecular formula is C15H23N. The van der Waals surface area contributed by atoms with Gasteiger partial charge in [-0.05, 0) is 31.7 Å². The second-order valence-electron chi connectivity index (χ2n) is 5.44. The minimum absolute atomic E-state index is 0.0613. The Bertz CT molecular complexity index is 318. The first-order valence-corrected chi connectivity index (χ1v) is 6.52. The van der Waals surface area contributed by atoms with Gasteiger partial charge in [-0.25, -0.2) is 0 Å². The maximum atomic E-state index is 6.53. The second kappa shape index (κ2) is 5.01. The van der Waals surface area contributed by atoms with Crippen LogP contribution in [0.3, 0.4) is 0 Å². The lowest BCUT2D eigenvalue weighted by atomic mass is 9.85. The molecule has 2 N–H and O–H groups in total. The van der Waals surface area contributed by atoms with Gasteiger partial charge in [-0.3, -0.25) is 0 Å². The van der Waals surface area contributed by atoms with E-state index in [1.807, 2.05) is 0 Å². The van der Waals surface area contributed by atoms with Gasteiger partial charge in [0.05, 0.1) is 0 Å². The Labute approximate surface area is 99.0 Å². The molecular weight excluding hydrogens is 194 g/mol. The van der Waals surface area contributed by atoms with Crippen LogP contribution in [-0.2, 0) is 6.42 Å². The van der Waals surface area contributed by atoms with E-state index in [9.17, 15) is 0 Å². The van der Waals surface area contributed by atoms with E-state index in [1.165, 1.54) is 49.7 Å². The number of hydrogen-bond acceptors (Lipinski definition) is 1. The molecule has 1 aromatic rings. The predicted octanol–water partition coefficient (Wildman–Crippen LogP) is 3.59. The van der Waals surface area contributed by atoms with E-state index in [0.717, 1.165) is 6.42 Å². The van der Waals surface area contributed by atoms with Gasteiger partial charge in [0.15, 0.2) is 0 Å². The summed E-state index contributed by atoms with van der Waals surface area (Å²) in [5.41, 5.74) is 9.32. The molecule has 1 heteroatoms. The first kappa shape index (κ1) is 11.7. The fraction of sp³-hybridized carbons (Fsp3) is 0.600. The molecule has 0 atom stereocenters. The normalized spacial score (nSPS) is 20.4. The first-order chi connectivity index (χ1) is 7.68. The van der Waals surface area contributed by atoms with Crippen LogP contribution in [-0.4, -0.2) is 5.54 Å². The SMILES string of the molecule is Cc1ccc(CC2(N)CCCCCC2)cc1. The van der Waals surface area contributed by atoms with E-state index in [0.29, 0.717) is 0 Å². The molecule has 0 saturated heterocycles. The van der Waals surface area contributed by atoms with Gasteiger partial charge in [-0.1, -0.05) is 55.5 Å². The van der Waals surface area contributed by atoms with E-state index in [2.05, 4.69) is 31.2 Å². The van der Waals surface area contributed by atoms with Gasteiger partial charge in [0.25, 0.3) is 0 Å². The predicted molar refractivity (Wildman–Crippen MR) is 69.5 cm³/mol. The molecule has 1 saturated carbocycles. The van der Waals surface area contributed by atoms with Crippen LogP contribution in [0.4, 0.5) is 0 Å². The van der Waals surface area contributed by atoms with Crippen molar-refractivity contribution in [1.29, 1.82) is 0 Å². The van der Waals surface area contributed by atoms with Crippen LogP contribution in [0.25, 0.3) is 0 Å². The van der Waals surface area contributed by atoms with Crippen molar-refractivity contribution < 1.29 is 0 Å². The lowest BCUT2D eigenvalue weighted by molar-refractivity contribution is 0.369. The largest absolute Gasteiger partial charge is 0.325 e. The molecule has 1 fully saturated rings. The molecule has 1 aliphatic carbocycles. The minimum Gasteiger partial charge on any atom is -0.325 e. The molecule has 1 aromatic carbocycles. The maximum Gasteiger partial charge on any atom is 0.0195 e. The Morgan fingerprint density at radius 2 is 1.56 bits per heavy atom. The zero-order valence-corrected chi connectivity index (χ0v) is 10.3. The fourth-order valence-corrected chi connectivity index (χ4v) is 2.72. The summed E-state index contributed by atoms with van der Waals surface area (Å²) in [5.74, 6) is 0. The lowest BCUT2D eigenvalue weighted by Gasteiger charge is -2.28. The molecule has 0 bridgehead atoms. The fourth-order valence-electron chi connectivity index (χ4n) is 2.72. The van der Waals surface area contributed by atoms with Crippen molar-refractivity contribution in [1.82, 2.24) is 0 Å². The van der Waals surface area contributed by atoms with Crippen molar-refractivity contribution in [3.05, 3.63) is 35.4 Å². The summed E-state index contributed by atoms with van der Waals surface area (Å²) in [6.45, 7) is 2.13. The number of hydrogen-bond donors (Lipinski definition) is 1. The number of aryl methyl sites for hydroxylation is 1. The molecule has 0 aromatic heterocycles. The Kier molecular flexibility index (Phi) is 3.65. The average molecular weight is 217 g/mol. The third-order valence-electron chi connectivity index (χ3n) is 3.78. The van der Waals surface area contributed by atoms with Crippen molar-refractivity contribution in [2.45, 2.75) is 57.4 Å². The van der Waals surface area contributed by atoms with Crippen molar-refractivity contribution in [3.63, 3.8) is 0 Å². The van der Waals surface area contributed by atoms with Crippen LogP contribution >= 0.6 is 0 Å². The van der Waals surface area contributed by atoms with Crippen LogP contribution in [0.2, 0.25) is 0 Å². The van der Waals surface area contributed by atoms with Crippen LogP contribution in [0.5, 0.6) is 0 Å². The van der Waals surface area contributed by atoms with Gasteiger partial charge >= 0.3 is 0 Å². The van der Waals surface area contributed by atoms with Crippen molar-refractivity contribution in [3.8, 4) is 0 Å².